The first kappa shape index (κ1) is 12.0. The topological polar surface area (TPSA) is 70.2 Å². The molecule has 1 rings (SSSR count). The van der Waals surface area contributed by atoms with Gasteiger partial charge in [-0.15, -0.1) is 0 Å². The van der Waals surface area contributed by atoms with Gasteiger partial charge in [0, 0.05) is 12.0 Å². The average molecular weight is 213 g/mol. The summed E-state index contributed by atoms with van der Waals surface area (Å²) in [6, 6.07) is 0. The molecule has 1 heterocycles. The number of ether oxygens (including phenoxy) is 1. The lowest BCUT2D eigenvalue weighted by Gasteiger charge is -2.26. The molecule has 0 saturated heterocycles. The highest BCUT2D eigenvalue weighted by atomic mass is 16.5. The second-order valence-electron chi connectivity index (χ2n) is 4.54. The van der Waals surface area contributed by atoms with Crippen LogP contribution in [0.25, 0.3) is 0 Å². The molecule has 86 valence electrons. The highest BCUT2D eigenvalue weighted by Crippen LogP contribution is 2.18. The molecule has 0 spiro atoms. The second kappa shape index (κ2) is 4.63. The van der Waals surface area contributed by atoms with Crippen molar-refractivity contribution in [2.75, 3.05) is 7.11 Å². The molecule has 0 radical (unpaired) electrons. The third-order valence-corrected chi connectivity index (χ3v) is 2.16. The van der Waals surface area contributed by atoms with Crippen LogP contribution in [0.5, 0.6) is 5.88 Å². The van der Waals surface area contributed by atoms with Crippen molar-refractivity contribution in [1.82, 2.24) is 15.3 Å². The monoisotopic (exact) mass is 213 g/mol. The van der Waals surface area contributed by atoms with Crippen LogP contribution in [0.3, 0.4) is 0 Å². The first-order valence-electron chi connectivity index (χ1n) is 4.93. The molecular weight excluding hydrogens is 194 g/mol. The minimum absolute atomic E-state index is 0.187. The first-order valence-corrected chi connectivity index (χ1v) is 4.93. The summed E-state index contributed by atoms with van der Waals surface area (Å²) in [6.07, 6.45) is 1.00. The number of hydrogen-bond donors (Lipinski definition) is 3. The number of aliphatic hydroxyl groups is 1. The van der Waals surface area contributed by atoms with Gasteiger partial charge in [-0.2, -0.15) is 0 Å². The molecule has 0 saturated carbocycles. The fraction of sp³-hybridized carbons (Fsp3) is 0.700. The zero-order valence-electron chi connectivity index (χ0n) is 9.66. The Labute approximate surface area is 89.9 Å². The maximum atomic E-state index is 9.76. The van der Waals surface area contributed by atoms with Crippen LogP contribution in [0.2, 0.25) is 0 Å². The molecule has 5 heteroatoms. The molecule has 1 atom stereocenters. The fourth-order valence-corrected chi connectivity index (χ4v) is 1.12. The number of H-pyrrole nitrogens is 1. The molecule has 1 aromatic rings. The van der Waals surface area contributed by atoms with Crippen molar-refractivity contribution < 1.29 is 9.84 Å². The zero-order chi connectivity index (χ0) is 11.5. The SMILES string of the molecule is COc1nc[nH]c1CNC(O)C(C)(C)C. The first-order chi connectivity index (χ1) is 6.95. The van der Waals surface area contributed by atoms with Crippen molar-refractivity contribution in [3.05, 3.63) is 12.0 Å². The molecule has 3 N–H and O–H groups in total. The van der Waals surface area contributed by atoms with Crippen LogP contribution in [0.1, 0.15) is 26.5 Å². The number of hydrogen-bond acceptors (Lipinski definition) is 4. The second-order valence-corrected chi connectivity index (χ2v) is 4.54. The van der Waals surface area contributed by atoms with Crippen LogP contribution < -0.4 is 10.1 Å². The van der Waals surface area contributed by atoms with Gasteiger partial charge in [-0.1, -0.05) is 20.8 Å². The number of nitrogens with one attached hydrogen (secondary N) is 2. The summed E-state index contributed by atoms with van der Waals surface area (Å²) in [5.74, 6) is 0.559. The van der Waals surface area contributed by atoms with Gasteiger partial charge in [-0.3, -0.25) is 5.32 Å². The minimum atomic E-state index is -0.564. The Bertz CT molecular complexity index is 304. The Morgan fingerprint density at radius 2 is 2.27 bits per heavy atom. The maximum absolute atomic E-state index is 9.76. The number of aromatic amines is 1. The lowest BCUT2D eigenvalue weighted by atomic mass is 9.94. The van der Waals surface area contributed by atoms with Crippen LogP contribution >= 0.6 is 0 Å². The zero-order valence-corrected chi connectivity index (χ0v) is 9.66. The standard InChI is InChI=1S/C10H19N3O2/c1-10(2,3)9(14)11-5-7-8(15-4)13-6-12-7/h6,9,11,14H,5H2,1-4H3,(H,12,13). The Hall–Kier alpha value is -1.07. The highest BCUT2D eigenvalue weighted by molar-refractivity contribution is 5.17. The smallest absolute Gasteiger partial charge is 0.235 e. The number of methoxy groups -OCH3 is 1. The lowest BCUT2D eigenvalue weighted by Crippen LogP contribution is -2.39. The van der Waals surface area contributed by atoms with Crippen LogP contribution in [0.15, 0.2) is 6.33 Å². The number of aromatic nitrogens is 2. The van der Waals surface area contributed by atoms with Crippen LogP contribution in [0.4, 0.5) is 0 Å². The average Bonchev–Trinajstić information content (AvgIpc) is 2.59. The molecule has 1 unspecified atom stereocenters. The molecular formula is C10H19N3O2. The summed E-state index contributed by atoms with van der Waals surface area (Å²) in [5, 5.41) is 12.8. The van der Waals surface area contributed by atoms with Gasteiger partial charge in [0.15, 0.2) is 0 Å². The molecule has 0 aromatic carbocycles. The van der Waals surface area contributed by atoms with Crippen molar-refractivity contribution in [2.24, 2.45) is 5.41 Å². The Balaban J connectivity index is 2.50. The number of aliphatic hydroxyl groups excluding tert-OH is 1. The summed E-state index contributed by atoms with van der Waals surface area (Å²) in [5.41, 5.74) is 0.647. The summed E-state index contributed by atoms with van der Waals surface area (Å²) in [4.78, 5) is 6.93. The van der Waals surface area contributed by atoms with Crippen molar-refractivity contribution >= 4 is 0 Å². The van der Waals surface area contributed by atoms with Crippen molar-refractivity contribution in [2.45, 2.75) is 33.5 Å². The van der Waals surface area contributed by atoms with Gasteiger partial charge in [0.05, 0.1) is 19.1 Å². The lowest BCUT2D eigenvalue weighted by molar-refractivity contribution is 0.0313. The number of imidazole rings is 1. The van der Waals surface area contributed by atoms with E-state index in [1.165, 1.54) is 0 Å². The van der Waals surface area contributed by atoms with Gasteiger partial charge >= 0.3 is 0 Å². The van der Waals surface area contributed by atoms with E-state index in [2.05, 4.69) is 15.3 Å². The van der Waals surface area contributed by atoms with E-state index in [-0.39, 0.29) is 5.41 Å². The Kier molecular flexibility index (Phi) is 3.71. The van der Waals surface area contributed by atoms with Crippen molar-refractivity contribution in [3.63, 3.8) is 0 Å². The molecule has 15 heavy (non-hydrogen) atoms. The summed E-state index contributed by atoms with van der Waals surface area (Å²) in [6.45, 7) is 6.40. The molecule has 0 bridgehead atoms. The molecule has 5 nitrogen and oxygen atoms in total. The van der Waals surface area contributed by atoms with E-state index in [0.29, 0.717) is 12.4 Å². The van der Waals surface area contributed by atoms with Gasteiger partial charge in [0.1, 0.15) is 6.23 Å². The third kappa shape index (κ3) is 3.21. The Morgan fingerprint density at radius 3 is 2.80 bits per heavy atom. The predicted molar refractivity (Wildman–Crippen MR) is 57.4 cm³/mol. The van der Waals surface area contributed by atoms with E-state index in [4.69, 9.17) is 4.74 Å². The summed E-state index contributed by atoms with van der Waals surface area (Å²) >= 11 is 0. The third-order valence-electron chi connectivity index (χ3n) is 2.16. The predicted octanol–water partition coefficient (Wildman–Crippen LogP) is 0.872. The van der Waals surface area contributed by atoms with E-state index in [1.54, 1.807) is 13.4 Å². The van der Waals surface area contributed by atoms with Gasteiger partial charge in [0.2, 0.25) is 5.88 Å². The molecule has 0 fully saturated rings. The number of nitrogens with zero attached hydrogens (tertiary/aromatic N) is 1. The highest BCUT2D eigenvalue weighted by Gasteiger charge is 2.21. The summed E-state index contributed by atoms with van der Waals surface area (Å²) < 4.78 is 5.04. The van der Waals surface area contributed by atoms with Crippen molar-refractivity contribution in [1.29, 1.82) is 0 Å². The van der Waals surface area contributed by atoms with Crippen LogP contribution in [-0.2, 0) is 6.54 Å². The Morgan fingerprint density at radius 1 is 1.60 bits per heavy atom. The molecule has 0 amide bonds. The van der Waals surface area contributed by atoms with E-state index < -0.39 is 6.23 Å². The molecule has 1 aromatic heterocycles. The molecule has 0 aliphatic heterocycles. The van der Waals surface area contributed by atoms with E-state index >= 15 is 0 Å². The van der Waals surface area contributed by atoms with Crippen LogP contribution in [-0.4, -0.2) is 28.4 Å². The fourth-order valence-electron chi connectivity index (χ4n) is 1.12. The van der Waals surface area contributed by atoms with Crippen LogP contribution in [0, 0.1) is 5.41 Å². The van der Waals surface area contributed by atoms with Crippen molar-refractivity contribution in [3.8, 4) is 5.88 Å². The maximum Gasteiger partial charge on any atom is 0.235 e. The van der Waals surface area contributed by atoms with E-state index in [9.17, 15) is 5.11 Å². The normalized spacial score (nSPS) is 13.9. The molecule has 0 aliphatic carbocycles. The van der Waals surface area contributed by atoms with E-state index in [0.717, 1.165) is 5.69 Å². The molecule has 0 aliphatic rings. The van der Waals surface area contributed by atoms with E-state index in [1.807, 2.05) is 20.8 Å². The summed E-state index contributed by atoms with van der Waals surface area (Å²) in [7, 11) is 1.57. The van der Waals surface area contributed by atoms with Gasteiger partial charge < -0.3 is 14.8 Å². The van der Waals surface area contributed by atoms with Gasteiger partial charge in [0.25, 0.3) is 0 Å². The van der Waals surface area contributed by atoms with Gasteiger partial charge in [-0.05, 0) is 0 Å². The quantitative estimate of drug-likeness (QED) is 0.649. The number of rotatable bonds is 4. The van der Waals surface area contributed by atoms with Gasteiger partial charge in [-0.25, -0.2) is 4.98 Å². The largest absolute Gasteiger partial charge is 0.480 e. The minimum Gasteiger partial charge on any atom is -0.480 e.